The van der Waals surface area contributed by atoms with E-state index < -0.39 is 5.60 Å². The minimum Gasteiger partial charge on any atom is -0.444 e. The van der Waals surface area contributed by atoms with E-state index in [-0.39, 0.29) is 6.09 Å². The second kappa shape index (κ2) is 7.08. The lowest BCUT2D eigenvalue weighted by molar-refractivity contribution is 0.0323. The zero-order valence-electron chi connectivity index (χ0n) is 14.1. The first-order chi connectivity index (χ1) is 10.7. The summed E-state index contributed by atoms with van der Waals surface area (Å²) in [6.45, 7) is 6.62. The van der Waals surface area contributed by atoms with Crippen molar-refractivity contribution in [3.05, 3.63) is 35.9 Å². The number of hydrogen-bond donors (Lipinski definition) is 0. The average molecular weight is 333 g/mol. The van der Waals surface area contributed by atoms with Gasteiger partial charge in [0, 0.05) is 13.5 Å². The highest BCUT2D eigenvalue weighted by molar-refractivity contribution is 7.80. The SMILES string of the molecule is CN(CC1=NN(Cc2ccccc2)C(=S)C1)C(=O)OC(C)(C)C. The van der Waals surface area contributed by atoms with Crippen molar-refractivity contribution in [1.29, 1.82) is 0 Å². The summed E-state index contributed by atoms with van der Waals surface area (Å²) in [5.41, 5.74) is 1.52. The Balaban J connectivity index is 1.94. The summed E-state index contributed by atoms with van der Waals surface area (Å²) in [6, 6.07) is 10.1. The second-order valence-corrected chi connectivity index (χ2v) is 7.09. The van der Waals surface area contributed by atoms with Crippen molar-refractivity contribution < 1.29 is 9.53 Å². The molecule has 5 nitrogen and oxygen atoms in total. The van der Waals surface area contributed by atoms with Gasteiger partial charge in [0.1, 0.15) is 10.6 Å². The lowest BCUT2D eigenvalue weighted by Gasteiger charge is -2.24. The van der Waals surface area contributed by atoms with Gasteiger partial charge in [0.2, 0.25) is 0 Å². The molecule has 1 aliphatic heterocycles. The van der Waals surface area contributed by atoms with Crippen molar-refractivity contribution in [2.75, 3.05) is 13.6 Å². The Kier molecular flexibility index (Phi) is 5.36. The molecule has 0 spiro atoms. The molecule has 1 amide bonds. The minimum absolute atomic E-state index is 0.354. The lowest BCUT2D eigenvalue weighted by atomic mass is 10.2. The number of rotatable bonds is 4. The van der Waals surface area contributed by atoms with Crippen molar-refractivity contribution >= 4 is 29.0 Å². The molecule has 0 bridgehead atoms. The van der Waals surface area contributed by atoms with Crippen LogP contribution in [-0.2, 0) is 11.3 Å². The number of benzene rings is 1. The lowest BCUT2D eigenvalue weighted by Crippen LogP contribution is -2.37. The van der Waals surface area contributed by atoms with Crippen LogP contribution in [0.3, 0.4) is 0 Å². The van der Waals surface area contributed by atoms with Crippen molar-refractivity contribution in [3.63, 3.8) is 0 Å². The van der Waals surface area contributed by atoms with Crippen LogP contribution in [-0.4, -0.2) is 45.9 Å². The molecule has 0 aromatic heterocycles. The van der Waals surface area contributed by atoms with E-state index in [1.165, 1.54) is 4.90 Å². The quantitative estimate of drug-likeness (QED) is 0.792. The standard InChI is InChI=1S/C17H23N3O2S/c1-17(2,3)22-16(21)19(4)12-14-10-15(23)20(18-14)11-13-8-6-5-7-9-13/h5-9H,10-12H2,1-4H3. The third-order valence-electron chi connectivity index (χ3n) is 3.21. The molecule has 2 rings (SSSR count). The molecule has 6 heteroatoms. The van der Waals surface area contributed by atoms with E-state index in [0.29, 0.717) is 19.5 Å². The zero-order chi connectivity index (χ0) is 17.0. The van der Waals surface area contributed by atoms with Gasteiger partial charge < -0.3 is 9.64 Å². The summed E-state index contributed by atoms with van der Waals surface area (Å²) in [7, 11) is 1.71. The molecule has 0 fully saturated rings. The van der Waals surface area contributed by atoms with Gasteiger partial charge in [-0.2, -0.15) is 5.10 Å². The molecule has 0 unspecified atom stereocenters. The molecule has 0 saturated heterocycles. The van der Waals surface area contributed by atoms with Crippen LogP contribution < -0.4 is 0 Å². The highest BCUT2D eigenvalue weighted by Gasteiger charge is 2.25. The number of carbonyl (C=O) groups is 1. The normalized spacial score (nSPS) is 14.7. The largest absolute Gasteiger partial charge is 0.444 e. The summed E-state index contributed by atoms with van der Waals surface area (Å²) in [5, 5.41) is 6.36. The molecule has 0 N–H and O–H groups in total. The number of nitrogens with zero attached hydrogens (tertiary/aromatic N) is 3. The Bertz CT molecular complexity index is 608. The highest BCUT2D eigenvalue weighted by atomic mass is 32.1. The maximum atomic E-state index is 12.0. The fraction of sp³-hybridized carbons (Fsp3) is 0.471. The molecule has 1 aliphatic rings. The maximum Gasteiger partial charge on any atom is 0.410 e. The molecule has 1 heterocycles. The Morgan fingerprint density at radius 1 is 1.35 bits per heavy atom. The van der Waals surface area contributed by atoms with Gasteiger partial charge in [0.05, 0.1) is 18.8 Å². The van der Waals surface area contributed by atoms with E-state index >= 15 is 0 Å². The third-order valence-corrected chi connectivity index (χ3v) is 3.56. The molecule has 124 valence electrons. The van der Waals surface area contributed by atoms with Gasteiger partial charge in [-0.25, -0.2) is 4.79 Å². The van der Waals surface area contributed by atoms with Crippen molar-refractivity contribution in [2.45, 2.75) is 39.3 Å². The van der Waals surface area contributed by atoms with Crippen LogP contribution in [0.25, 0.3) is 0 Å². The van der Waals surface area contributed by atoms with Gasteiger partial charge in [0.25, 0.3) is 0 Å². The Morgan fingerprint density at radius 2 is 2.00 bits per heavy atom. The van der Waals surface area contributed by atoms with Crippen LogP contribution in [0, 0.1) is 0 Å². The molecule has 23 heavy (non-hydrogen) atoms. The van der Waals surface area contributed by atoms with Crippen LogP contribution >= 0.6 is 12.2 Å². The third kappa shape index (κ3) is 5.32. The van der Waals surface area contributed by atoms with Crippen molar-refractivity contribution in [1.82, 2.24) is 9.91 Å². The fourth-order valence-corrected chi connectivity index (χ4v) is 2.45. The number of hydrogen-bond acceptors (Lipinski definition) is 4. The minimum atomic E-state index is -0.503. The zero-order valence-corrected chi connectivity index (χ0v) is 14.9. The first-order valence-corrected chi connectivity index (χ1v) is 8.00. The number of carbonyl (C=O) groups excluding carboxylic acids is 1. The van der Waals surface area contributed by atoms with Gasteiger partial charge in [-0.1, -0.05) is 42.5 Å². The second-order valence-electron chi connectivity index (χ2n) is 6.62. The van der Waals surface area contributed by atoms with E-state index in [0.717, 1.165) is 16.3 Å². The van der Waals surface area contributed by atoms with E-state index in [9.17, 15) is 4.79 Å². The highest BCUT2D eigenvalue weighted by Crippen LogP contribution is 2.16. The Morgan fingerprint density at radius 3 is 2.61 bits per heavy atom. The first kappa shape index (κ1) is 17.4. The molecular formula is C17H23N3O2S. The van der Waals surface area contributed by atoms with Gasteiger partial charge in [-0.3, -0.25) is 5.01 Å². The summed E-state index contributed by atoms with van der Waals surface area (Å²) in [4.78, 5) is 14.3. The monoisotopic (exact) mass is 333 g/mol. The predicted molar refractivity (Wildman–Crippen MR) is 95.5 cm³/mol. The van der Waals surface area contributed by atoms with E-state index in [1.54, 1.807) is 7.05 Å². The number of thiocarbonyl (C=S) groups is 1. The van der Waals surface area contributed by atoms with Crippen LogP contribution in [0.4, 0.5) is 4.79 Å². The van der Waals surface area contributed by atoms with Crippen LogP contribution in [0.1, 0.15) is 32.8 Å². The molecule has 0 radical (unpaired) electrons. The summed E-state index contributed by atoms with van der Waals surface area (Å²) >= 11 is 5.40. The smallest absolute Gasteiger partial charge is 0.410 e. The van der Waals surface area contributed by atoms with Crippen LogP contribution in [0.15, 0.2) is 35.4 Å². The van der Waals surface area contributed by atoms with Crippen molar-refractivity contribution in [3.8, 4) is 0 Å². The van der Waals surface area contributed by atoms with Gasteiger partial charge in [0.15, 0.2) is 0 Å². The average Bonchev–Trinajstić information content (AvgIpc) is 2.78. The Hall–Kier alpha value is -1.95. The van der Waals surface area contributed by atoms with E-state index in [4.69, 9.17) is 17.0 Å². The van der Waals surface area contributed by atoms with Crippen LogP contribution in [0.2, 0.25) is 0 Å². The predicted octanol–water partition coefficient (Wildman–Crippen LogP) is 3.44. The number of ether oxygens (including phenoxy) is 1. The molecule has 0 atom stereocenters. The molecular weight excluding hydrogens is 310 g/mol. The van der Waals surface area contributed by atoms with E-state index in [1.807, 2.05) is 56.1 Å². The summed E-state index contributed by atoms with van der Waals surface area (Å²) in [5.74, 6) is 0. The van der Waals surface area contributed by atoms with Crippen molar-refractivity contribution in [2.24, 2.45) is 5.10 Å². The molecule has 0 saturated carbocycles. The Labute approximate surface area is 142 Å². The van der Waals surface area contributed by atoms with Crippen LogP contribution in [0.5, 0.6) is 0 Å². The topological polar surface area (TPSA) is 45.1 Å². The molecule has 1 aromatic carbocycles. The first-order valence-electron chi connectivity index (χ1n) is 7.59. The van der Waals surface area contributed by atoms with Gasteiger partial charge in [-0.05, 0) is 26.3 Å². The number of amides is 1. The molecule has 0 aliphatic carbocycles. The summed E-state index contributed by atoms with van der Waals surface area (Å²) < 4.78 is 5.34. The van der Waals surface area contributed by atoms with Gasteiger partial charge in [-0.15, -0.1) is 0 Å². The van der Waals surface area contributed by atoms with E-state index in [2.05, 4.69) is 5.10 Å². The maximum absolute atomic E-state index is 12.0. The number of hydrazone groups is 1. The molecule has 1 aromatic rings. The summed E-state index contributed by atoms with van der Waals surface area (Å²) in [6.07, 6.45) is 0.252. The van der Waals surface area contributed by atoms with Gasteiger partial charge >= 0.3 is 6.09 Å². The fourth-order valence-electron chi connectivity index (χ4n) is 2.17.